The SMILES string of the molecule is CCCCNC(=O)c1ccnc(CO)c1. The highest BCUT2D eigenvalue weighted by molar-refractivity contribution is 5.94. The summed E-state index contributed by atoms with van der Waals surface area (Å²) in [6.07, 6.45) is 3.56. The third kappa shape index (κ3) is 3.67. The molecule has 0 radical (unpaired) electrons. The van der Waals surface area contributed by atoms with Crippen molar-refractivity contribution >= 4 is 5.91 Å². The van der Waals surface area contributed by atoms with Gasteiger partial charge in [-0.2, -0.15) is 0 Å². The molecule has 15 heavy (non-hydrogen) atoms. The van der Waals surface area contributed by atoms with Gasteiger partial charge in [0, 0.05) is 18.3 Å². The molecule has 0 saturated carbocycles. The second-order valence-electron chi connectivity index (χ2n) is 3.30. The summed E-state index contributed by atoms with van der Waals surface area (Å²) < 4.78 is 0. The van der Waals surface area contributed by atoms with Crippen LogP contribution in [-0.4, -0.2) is 22.5 Å². The maximum absolute atomic E-state index is 11.6. The van der Waals surface area contributed by atoms with Gasteiger partial charge in [-0.05, 0) is 18.6 Å². The Morgan fingerprint density at radius 2 is 2.40 bits per heavy atom. The van der Waals surface area contributed by atoms with Crippen LogP contribution in [0.3, 0.4) is 0 Å². The Labute approximate surface area is 89.3 Å². The number of hydrogen-bond donors (Lipinski definition) is 2. The second kappa shape index (κ2) is 6.14. The highest BCUT2D eigenvalue weighted by atomic mass is 16.3. The average molecular weight is 208 g/mol. The minimum Gasteiger partial charge on any atom is -0.390 e. The van der Waals surface area contributed by atoms with Crippen molar-refractivity contribution in [3.8, 4) is 0 Å². The predicted octanol–water partition coefficient (Wildman–Crippen LogP) is 1.10. The molecule has 0 aliphatic carbocycles. The van der Waals surface area contributed by atoms with Crippen LogP contribution in [0.4, 0.5) is 0 Å². The van der Waals surface area contributed by atoms with Crippen molar-refractivity contribution in [3.05, 3.63) is 29.6 Å². The second-order valence-corrected chi connectivity index (χ2v) is 3.30. The Morgan fingerprint density at radius 3 is 3.07 bits per heavy atom. The highest BCUT2D eigenvalue weighted by Gasteiger charge is 2.05. The van der Waals surface area contributed by atoms with Gasteiger partial charge in [-0.3, -0.25) is 9.78 Å². The quantitative estimate of drug-likeness (QED) is 0.712. The van der Waals surface area contributed by atoms with Gasteiger partial charge in [0.05, 0.1) is 12.3 Å². The fraction of sp³-hybridized carbons (Fsp3) is 0.455. The van der Waals surface area contributed by atoms with Gasteiger partial charge in [0.15, 0.2) is 0 Å². The maximum atomic E-state index is 11.6. The number of aliphatic hydroxyl groups excluding tert-OH is 1. The molecule has 0 unspecified atom stereocenters. The Bertz CT molecular complexity index is 326. The van der Waals surface area contributed by atoms with Crippen molar-refractivity contribution in [1.82, 2.24) is 10.3 Å². The monoisotopic (exact) mass is 208 g/mol. The molecule has 1 aromatic heterocycles. The number of amides is 1. The summed E-state index contributed by atoms with van der Waals surface area (Å²) in [6.45, 7) is 2.62. The molecule has 1 heterocycles. The fourth-order valence-corrected chi connectivity index (χ4v) is 1.19. The van der Waals surface area contributed by atoms with Crippen LogP contribution >= 0.6 is 0 Å². The molecule has 4 nitrogen and oxygen atoms in total. The smallest absolute Gasteiger partial charge is 0.251 e. The van der Waals surface area contributed by atoms with Crippen molar-refractivity contribution in [2.24, 2.45) is 0 Å². The van der Waals surface area contributed by atoms with E-state index in [1.165, 1.54) is 6.20 Å². The first-order chi connectivity index (χ1) is 7.27. The lowest BCUT2D eigenvalue weighted by Crippen LogP contribution is -2.24. The number of carbonyl (C=O) groups is 1. The van der Waals surface area contributed by atoms with Crippen LogP contribution in [0.15, 0.2) is 18.3 Å². The molecule has 0 atom stereocenters. The topological polar surface area (TPSA) is 62.2 Å². The number of pyridine rings is 1. The Hall–Kier alpha value is -1.42. The highest BCUT2D eigenvalue weighted by Crippen LogP contribution is 2.01. The molecule has 0 bridgehead atoms. The molecule has 0 aromatic carbocycles. The summed E-state index contributed by atoms with van der Waals surface area (Å²) in [6, 6.07) is 3.24. The summed E-state index contributed by atoms with van der Waals surface area (Å²) in [5.74, 6) is -0.111. The van der Waals surface area contributed by atoms with Crippen molar-refractivity contribution in [1.29, 1.82) is 0 Å². The Balaban J connectivity index is 2.57. The molecule has 0 aliphatic rings. The van der Waals surface area contributed by atoms with Crippen molar-refractivity contribution in [2.75, 3.05) is 6.54 Å². The molecule has 0 aliphatic heterocycles. The molecular weight excluding hydrogens is 192 g/mol. The number of hydrogen-bond acceptors (Lipinski definition) is 3. The predicted molar refractivity (Wildman–Crippen MR) is 57.4 cm³/mol. The summed E-state index contributed by atoms with van der Waals surface area (Å²) in [5, 5.41) is 11.7. The minimum atomic E-state index is -0.143. The molecule has 1 rings (SSSR count). The van der Waals surface area contributed by atoms with E-state index in [1.54, 1.807) is 12.1 Å². The van der Waals surface area contributed by atoms with E-state index < -0.39 is 0 Å². The van der Waals surface area contributed by atoms with Gasteiger partial charge in [-0.15, -0.1) is 0 Å². The lowest BCUT2D eigenvalue weighted by molar-refractivity contribution is 0.0953. The van der Waals surface area contributed by atoms with Gasteiger partial charge in [0.2, 0.25) is 0 Å². The van der Waals surface area contributed by atoms with Gasteiger partial charge in [0.25, 0.3) is 5.91 Å². The van der Waals surface area contributed by atoms with E-state index in [1.807, 2.05) is 0 Å². The first-order valence-electron chi connectivity index (χ1n) is 5.12. The number of rotatable bonds is 5. The zero-order chi connectivity index (χ0) is 11.1. The van der Waals surface area contributed by atoms with Gasteiger partial charge < -0.3 is 10.4 Å². The lowest BCUT2D eigenvalue weighted by Gasteiger charge is -2.04. The molecule has 82 valence electrons. The minimum absolute atomic E-state index is 0.111. The Morgan fingerprint density at radius 1 is 1.60 bits per heavy atom. The summed E-state index contributed by atoms with van der Waals surface area (Å²) in [5.41, 5.74) is 1.06. The van der Waals surface area contributed by atoms with Gasteiger partial charge in [0.1, 0.15) is 0 Å². The largest absolute Gasteiger partial charge is 0.390 e. The molecular formula is C11H16N2O2. The molecule has 0 saturated heterocycles. The third-order valence-electron chi connectivity index (χ3n) is 2.06. The fourth-order valence-electron chi connectivity index (χ4n) is 1.19. The lowest BCUT2D eigenvalue weighted by atomic mass is 10.2. The van der Waals surface area contributed by atoms with Crippen LogP contribution in [0.1, 0.15) is 35.8 Å². The number of carbonyl (C=O) groups excluding carboxylic acids is 1. The number of nitrogens with one attached hydrogen (secondary N) is 1. The van der Waals surface area contributed by atoms with E-state index in [-0.39, 0.29) is 12.5 Å². The van der Waals surface area contributed by atoms with Gasteiger partial charge in [-0.25, -0.2) is 0 Å². The molecule has 1 aromatic rings. The van der Waals surface area contributed by atoms with E-state index in [9.17, 15) is 4.79 Å². The van der Waals surface area contributed by atoms with E-state index in [2.05, 4.69) is 17.2 Å². The maximum Gasteiger partial charge on any atom is 0.251 e. The first-order valence-corrected chi connectivity index (χ1v) is 5.12. The van der Waals surface area contributed by atoms with Crippen molar-refractivity contribution < 1.29 is 9.90 Å². The Kier molecular flexibility index (Phi) is 4.77. The normalized spacial score (nSPS) is 10.0. The summed E-state index contributed by atoms with van der Waals surface area (Å²) in [7, 11) is 0. The zero-order valence-electron chi connectivity index (χ0n) is 8.86. The summed E-state index contributed by atoms with van der Waals surface area (Å²) in [4.78, 5) is 15.5. The number of nitrogens with zero attached hydrogens (tertiary/aromatic N) is 1. The van der Waals surface area contributed by atoms with E-state index >= 15 is 0 Å². The van der Waals surface area contributed by atoms with Crippen molar-refractivity contribution in [3.63, 3.8) is 0 Å². The van der Waals surface area contributed by atoms with E-state index in [0.717, 1.165) is 12.8 Å². The third-order valence-corrected chi connectivity index (χ3v) is 2.06. The van der Waals surface area contributed by atoms with Crippen LogP contribution < -0.4 is 5.32 Å². The number of unbranched alkanes of at least 4 members (excludes halogenated alkanes) is 1. The number of aromatic nitrogens is 1. The molecule has 4 heteroatoms. The van der Waals surface area contributed by atoms with E-state index in [4.69, 9.17) is 5.11 Å². The van der Waals surface area contributed by atoms with Crippen LogP contribution in [0.2, 0.25) is 0 Å². The standard InChI is InChI=1S/C11H16N2O2/c1-2-3-5-13-11(15)9-4-6-12-10(7-9)8-14/h4,6-7,14H,2-3,5,8H2,1H3,(H,13,15). The van der Waals surface area contributed by atoms with Gasteiger partial charge >= 0.3 is 0 Å². The summed E-state index contributed by atoms with van der Waals surface area (Å²) >= 11 is 0. The van der Waals surface area contributed by atoms with Crippen molar-refractivity contribution in [2.45, 2.75) is 26.4 Å². The van der Waals surface area contributed by atoms with Gasteiger partial charge in [-0.1, -0.05) is 13.3 Å². The molecule has 1 amide bonds. The molecule has 0 spiro atoms. The first kappa shape index (κ1) is 11.7. The molecule has 0 fully saturated rings. The molecule has 2 N–H and O–H groups in total. The number of aliphatic hydroxyl groups is 1. The average Bonchev–Trinajstić information content (AvgIpc) is 2.29. The van der Waals surface area contributed by atoms with Crippen LogP contribution in [0.25, 0.3) is 0 Å². The van der Waals surface area contributed by atoms with Crippen LogP contribution in [0, 0.1) is 0 Å². The van der Waals surface area contributed by atoms with E-state index in [0.29, 0.717) is 17.8 Å². The van der Waals surface area contributed by atoms with Crippen LogP contribution in [0.5, 0.6) is 0 Å². The zero-order valence-corrected chi connectivity index (χ0v) is 8.86. The van der Waals surface area contributed by atoms with Crippen LogP contribution in [-0.2, 0) is 6.61 Å².